The van der Waals surface area contributed by atoms with E-state index < -0.39 is 41.7 Å². The quantitative estimate of drug-likeness (QED) is 0.108. The average molecular weight is 713 g/mol. The fraction of sp³-hybridized carbons (Fsp3) is 0.487. The maximum atomic E-state index is 14.8. The van der Waals surface area contributed by atoms with Crippen LogP contribution in [-0.2, 0) is 35.3 Å². The molecule has 0 aliphatic carbocycles. The number of para-hydroxylation sites is 1. The van der Waals surface area contributed by atoms with E-state index in [9.17, 15) is 24.3 Å². The Morgan fingerprint density at radius 3 is 2.62 bits per heavy atom. The SMILES string of the molecule is C=CCCC(=O)NC[C@H](OC(=O)[C@@H]1[C@@H]2CC[C@]3(O2)[C@H](C(=O)N(CC=C)Cn2nnc4ccccc42)N(CCCCCCO)C(=O)[C@@H]13)c1ccccc1. The summed E-state index contributed by atoms with van der Waals surface area (Å²) >= 11 is 0. The minimum atomic E-state index is -1.22. The molecular weight excluding hydrogens is 664 g/mol. The zero-order valence-electron chi connectivity index (χ0n) is 29.5. The molecule has 1 aromatic heterocycles. The standard InChI is InChI=1S/C39H48N6O7/c1-3-5-19-32(47)40-25-31(27-15-9-8-10-16-27)51-38(50)33-30-20-21-39(52-30)34(33)36(48)44(23-13-6-7-14-24-46)35(39)37(49)43(22-4-2)26-45-29-18-12-11-17-28(29)41-42-45/h3-4,8-12,15-18,30-31,33-35,46H,1-2,5-7,13-14,19-26H2,(H,40,47)/t30-,31-,33+,34+,35-,39+/m0/s1. The molecule has 2 bridgehead atoms. The van der Waals surface area contributed by atoms with Crippen LogP contribution in [0.1, 0.15) is 63.0 Å². The van der Waals surface area contributed by atoms with Crippen molar-refractivity contribution in [1.29, 1.82) is 0 Å². The Morgan fingerprint density at radius 2 is 1.85 bits per heavy atom. The molecule has 1 spiro atoms. The highest BCUT2D eigenvalue weighted by Crippen LogP contribution is 2.59. The number of allylic oxidation sites excluding steroid dienone is 1. The topological polar surface area (TPSA) is 156 Å². The van der Waals surface area contributed by atoms with E-state index in [-0.39, 0.29) is 50.5 Å². The molecule has 2 aromatic carbocycles. The summed E-state index contributed by atoms with van der Waals surface area (Å²) in [6.07, 6.45) is 6.42. The molecule has 13 nitrogen and oxygen atoms in total. The van der Waals surface area contributed by atoms with Crippen molar-refractivity contribution in [1.82, 2.24) is 30.1 Å². The molecule has 0 radical (unpaired) electrons. The molecule has 3 aliphatic heterocycles. The number of hydrogen-bond donors (Lipinski definition) is 2. The third-order valence-electron chi connectivity index (χ3n) is 10.5. The number of aliphatic hydroxyl groups is 1. The lowest BCUT2D eigenvalue weighted by molar-refractivity contribution is -0.160. The first-order valence-corrected chi connectivity index (χ1v) is 18.2. The molecule has 52 heavy (non-hydrogen) atoms. The Morgan fingerprint density at radius 1 is 1.08 bits per heavy atom. The normalized spacial score (nSPS) is 23.7. The third kappa shape index (κ3) is 7.38. The van der Waals surface area contributed by atoms with Crippen LogP contribution in [0.3, 0.4) is 0 Å². The molecule has 6 rings (SSSR count). The van der Waals surface area contributed by atoms with Crippen molar-refractivity contribution in [2.45, 2.75) is 81.9 Å². The Hall–Kier alpha value is -4.88. The minimum absolute atomic E-state index is 0.0578. The van der Waals surface area contributed by atoms with E-state index >= 15 is 0 Å². The van der Waals surface area contributed by atoms with Crippen LogP contribution >= 0.6 is 0 Å². The van der Waals surface area contributed by atoms with Crippen LogP contribution in [-0.4, -0.2) is 97.6 Å². The smallest absolute Gasteiger partial charge is 0.313 e. The maximum absolute atomic E-state index is 14.8. The molecule has 276 valence electrons. The predicted molar refractivity (Wildman–Crippen MR) is 192 cm³/mol. The summed E-state index contributed by atoms with van der Waals surface area (Å²) in [6.45, 7) is 8.27. The van der Waals surface area contributed by atoms with Crippen LogP contribution < -0.4 is 5.32 Å². The summed E-state index contributed by atoms with van der Waals surface area (Å²) < 4.78 is 14.5. The molecule has 3 saturated heterocycles. The summed E-state index contributed by atoms with van der Waals surface area (Å²) in [4.78, 5) is 59.4. The largest absolute Gasteiger partial charge is 0.455 e. The molecule has 0 saturated carbocycles. The van der Waals surface area contributed by atoms with Gasteiger partial charge in [-0.15, -0.1) is 18.3 Å². The molecule has 2 N–H and O–H groups in total. The number of esters is 1. The highest BCUT2D eigenvalue weighted by molar-refractivity contribution is 5.98. The lowest BCUT2D eigenvalue weighted by atomic mass is 9.70. The van der Waals surface area contributed by atoms with Gasteiger partial charge in [-0.2, -0.15) is 0 Å². The minimum Gasteiger partial charge on any atom is -0.455 e. The van der Waals surface area contributed by atoms with E-state index in [0.717, 1.165) is 18.4 Å². The van der Waals surface area contributed by atoms with Crippen LogP contribution in [0.15, 0.2) is 79.9 Å². The number of hydrogen-bond acceptors (Lipinski definition) is 9. The predicted octanol–water partition coefficient (Wildman–Crippen LogP) is 3.70. The fourth-order valence-electron chi connectivity index (χ4n) is 8.06. The molecule has 3 fully saturated rings. The number of aromatic nitrogens is 3. The molecule has 3 amide bonds. The number of aliphatic hydroxyl groups excluding tert-OH is 1. The van der Waals surface area contributed by atoms with E-state index in [1.807, 2.05) is 54.6 Å². The molecule has 0 unspecified atom stereocenters. The van der Waals surface area contributed by atoms with Crippen molar-refractivity contribution in [3.05, 3.63) is 85.5 Å². The van der Waals surface area contributed by atoms with Gasteiger partial charge in [-0.1, -0.05) is 72.7 Å². The van der Waals surface area contributed by atoms with Crippen molar-refractivity contribution in [3.8, 4) is 0 Å². The van der Waals surface area contributed by atoms with Gasteiger partial charge in [0.1, 0.15) is 29.9 Å². The fourth-order valence-corrected chi connectivity index (χ4v) is 8.06. The van der Waals surface area contributed by atoms with E-state index in [1.54, 1.807) is 26.6 Å². The van der Waals surface area contributed by atoms with E-state index in [0.29, 0.717) is 49.7 Å². The number of ether oxygens (including phenoxy) is 2. The Labute approximate surface area is 303 Å². The number of carbonyl (C=O) groups excluding carboxylic acids is 4. The number of rotatable bonds is 19. The Bertz CT molecular complexity index is 1760. The Balaban J connectivity index is 1.28. The first-order chi connectivity index (χ1) is 25.3. The molecular formula is C39H48N6O7. The number of likely N-dealkylation sites (tertiary alicyclic amines) is 1. The van der Waals surface area contributed by atoms with Gasteiger partial charge in [0.15, 0.2) is 0 Å². The summed E-state index contributed by atoms with van der Waals surface area (Å²) in [5.74, 6) is -3.24. The van der Waals surface area contributed by atoms with Crippen LogP contribution in [0.4, 0.5) is 0 Å². The van der Waals surface area contributed by atoms with E-state index in [1.165, 1.54) is 0 Å². The van der Waals surface area contributed by atoms with Crippen LogP contribution in [0.2, 0.25) is 0 Å². The number of fused-ring (bicyclic) bond motifs is 2. The third-order valence-corrected chi connectivity index (χ3v) is 10.5. The van der Waals surface area contributed by atoms with Gasteiger partial charge < -0.3 is 29.7 Å². The number of nitrogens with one attached hydrogen (secondary N) is 1. The van der Waals surface area contributed by atoms with Gasteiger partial charge >= 0.3 is 5.97 Å². The first-order valence-electron chi connectivity index (χ1n) is 18.2. The number of carbonyl (C=O) groups is 4. The molecule has 3 aliphatic rings. The monoisotopic (exact) mass is 712 g/mol. The lowest BCUT2D eigenvalue weighted by Gasteiger charge is -2.36. The zero-order valence-corrected chi connectivity index (χ0v) is 29.5. The summed E-state index contributed by atoms with van der Waals surface area (Å²) in [6, 6.07) is 15.7. The van der Waals surface area contributed by atoms with Gasteiger partial charge in [0.2, 0.25) is 17.7 Å². The summed E-state index contributed by atoms with van der Waals surface area (Å²) in [5.41, 5.74) is 0.930. The van der Waals surface area contributed by atoms with Crippen LogP contribution in [0.5, 0.6) is 0 Å². The highest BCUT2D eigenvalue weighted by atomic mass is 16.6. The van der Waals surface area contributed by atoms with Gasteiger partial charge in [-0.25, -0.2) is 4.68 Å². The van der Waals surface area contributed by atoms with E-state index in [4.69, 9.17) is 9.47 Å². The molecule has 6 atom stereocenters. The second-order valence-corrected chi connectivity index (χ2v) is 13.8. The van der Waals surface area contributed by atoms with Gasteiger partial charge in [0.05, 0.1) is 30.0 Å². The van der Waals surface area contributed by atoms with Crippen molar-refractivity contribution in [2.24, 2.45) is 11.8 Å². The first kappa shape index (κ1) is 36.9. The number of unbranched alkanes of at least 4 members (excludes halogenated alkanes) is 3. The second-order valence-electron chi connectivity index (χ2n) is 13.8. The number of nitrogens with zero attached hydrogens (tertiary/aromatic N) is 5. The second kappa shape index (κ2) is 16.6. The Kier molecular flexibility index (Phi) is 11.8. The van der Waals surface area contributed by atoms with Crippen LogP contribution in [0, 0.1) is 11.8 Å². The number of amides is 3. The van der Waals surface area contributed by atoms with Gasteiger partial charge in [0.25, 0.3) is 0 Å². The van der Waals surface area contributed by atoms with E-state index in [2.05, 4.69) is 28.8 Å². The van der Waals surface area contributed by atoms with Gasteiger partial charge in [-0.3, -0.25) is 19.2 Å². The van der Waals surface area contributed by atoms with Crippen molar-refractivity contribution in [2.75, 3.05) is 26.2 Å². The van der Waals surface area contributed by atoms with Crippen molar-refractivity contribution < 1.29 is 33.8 Å². The molecule has 3 aromatic rings. The average Bonchev–Trinajstić information content (AvgIpc) is 3.91. The van der Waals surface area contributed by atoms with Crippen molar-refractivity contribution >= 4 is 34.7 Å². The summed E-state index contributed by atoms with van der Waals surface area (Å²) in [5, 5.41) is 20.7. The summed E-state index contributed by atoms with van der Waals surface area (Å²) in [7, 11) is 0. The number of benzene rings is 2. The zero-order chi connectivity index (χ0) is 36.7. The van der Waals surface area contributed by atoms with Gasteiger partial charge in [0, 0.05) is 26.1 Å². The lowest BCUT2D eigenvalue weighted by Crippen LogP contribution is -2.56. The van der Waals surface area contributed by atoms with Gasteiger partial charge in [-0.05, 0) is 49.8 Å². The maximum Gasteiger partial charge on any atom is 0.313 e. The highest BCUT2D eigenvalue weighted by Gasteiger charge is 2.75. The molecule has 13 heteroatoms. The molecule has 4 heterocycles. The van der Waals surface area contributed by atoms with Crippen molar-refractivity contribution in [3.63, 3.8) is 0 Å². The van der Waals surface area contributed by atoms with Crippen LogP contribution in [0.25, 0.3) is 11.0 Å².